The molecule has 0 fully saturated rings. The molecule has 0 heterocycles. The van der Waals surface area contributed by atoms with E-state index in [1.165, 1.54) is 173 Å². The van der Waals surface area contributed by atoms with Crippen LogP contribution in [-0.2, 0) is 23.6 Å². The Hall–Kier alpha value is 1.58. The Kier molecular flexibility index (Phi) is 66.7. The average Bonchev–Trinajstić information content (AvgIpc) is 3.68. The molecule has 0 radical (unpaired) electrons. The fraction of sp³-hybridized carbons (Fsp3) is 0.877. The van der Waals surface area contributed by atoms with Crippen molar-refractivity contribution < 1.29 is 23.6 Å². The summed E-state index contributed by atoms with van der Waals surface area (Å²) in [6, 6.07) is 0. The summed E-state index contributed by atoms with van der Waals surface area (Å²) >= 11 is 36.1. The Morgan fingerprint density at radius 3 is 0.584 bits per heavy atom. The molecule has 0 aliphatic heterocycles. The van der Waals surface area contributed by atoms with Crippen LogP contribution in [-0.4, -0.2) is 89.3 Å². The molecule has 0 aromatic heterocycles. The molecule has 0 bridgehead atoms. The summed E-state index contributed by atoms with van der Waals surface area (Å²) < 4.78 is 17.7. The van der Waals surface area contributed by atoms with Crippen LogP contribution in [0.2, 0.25) is 4.94 Å². The van der Waals surface area contributed by atoms with Gasteiger partial charge in [0.25, 0.3) is 0 Å². The summed E-state index contributed by atoms with van der Waals surface area (Å²) in [6.45, 7) is 0. The van der Waals surface area contributed by atoms with Crippen LogP contribution in [0.4, 0.5) is 0 Å². The van der Waals surface area contributed by atoms with Gasteiger partial charge in [-0.15, -0.1) is 0 Å². The van der Waals surface area contributed by atoms with Crippen LogP contribution in [0.25, 0.3) is 0 Å². The zero-order valence-corrected chi connectivity index (χ0v) is 67.8. The number of unbranched alkanes of at least 4 members (excludes halogenated alkanes) is 30. The van der Waals surface area contributed by atoms with Crippen molar-refractivity contribution in [2.75, 3.05) is 51.8 Å². The van der Waals surface area contributed by atoms with Crippen molar-refractivity contribution in [1.82, 2.24) is 0 Å². The van der Waals surface area contributed by atoms with E-state index in [2.05, 4.69) is 150 Å². The van der Waals surface area contributed by atoms with Gasteiger partial charge in [-0.05, 0) is 164 Å². The van der Waals surface area contributed by atoms with Gasteiger partial charge < -0.3 is 0 Å². The molecule has 6 nitrogen and oxygen atoms in total. The summed E-state index contributed by atoms with van der Waals surface area (Å²) in [4.78, 5) is 41.4. The maximum absolute atomic E-state index is 13.3. The van der Waals surface area contributed by atoms with Gasteiger partial charge in [-0.1, -0.05) is 77.0 Å². The molecule has 0 aliphatic rings. The monoisotopic (exact) mass is 1520 g/mol. The molecule has 89 heavy (non-hydrogen) atoms. The predicted molar refractivity (Wildman–Crippen MR) is 425 cm³/mol. The number of carbonyl (C=O) groups is 3. The van der Waals surface area contributed by atoms with E-state index in [4.69, 9.17) is 9.22 Å². The zero-order chi connectivity index (χ0) is 65.5. The van der Waals surface area contributed by atoms with Crippen LogP contribution in [0.1, 0.15) is 327 Å². The van der Waals surface area contributed by atoms with E-state index in [9.17, 15) is 14.4 Å². The Morgan fingerprint density at radius 1 is 0.247 bits per heavy atom. The maximum atomic E-state index is 13.3. The Labute approximate surface area is 605 Å². The van der Waals surface area contributed by atoms with Gasteiger partial charge in [-0.3, -0.25) is 0 Å². The van der Waals surface area contributed by atoms with E-state index in [1.54, 1.807) is 4.94 Å². The third-order valence-electron chi connectivity index (χ3n) is 18.7. The molecular weight excluding hydrogens is 1380 g/mol. The van der Waals surface area contributed by atoms with Crippen molar-refractivity contribution in [3.63, 3.8) is 0 Å². The van der Waals surface area contributed by atoms with Crippen molar-refractivity contribution in [2.45, 2.75) is 332 Å². The third kappa shape index (κ3) is 54.2. The van der Waals surface area contributed by atoms with Gasteiger partial charge in [0.05, 0.1) is 0 Å². The molecule has 0 aliphatic carbocycles. The van der Waals surface area contributed by atoms with Crippen molar-refractivity contribution in [3.8, 4) is 0 Å². The molecule has 0 amide bonds. The molecule has 0 atom stereocenters. The number of rotatable bonds is 69. The molecule has 0 aromatic rings. The summed E-state index contributed by atoms with van der Waals surface area (Å²) in [5.41, 5.74) is 1.12. The minimum Gasteiger partial charge on any atom is -0.179 e. The van der Waals surface area contributed by atoms with Crippen LogP contribution in [0.15, 0.2) is 36.5 Å². The Bertz CT molecular complexity index is 1470. The summed E-state index contributed by atoms with van der Waals surface area (Å²) in [6.07, 6.45) is 70.1. The van der Waals surface area contributed by atoms with Crippen molar-refractivity contribution in [2.24, 2.45) is 16.2 Å². The average molecular weight is 1520 g/mol. The van der Waals surface area contributed by atoms with Crippen LogP contribution >= 0.6 is 114 Å². The second-order valence-electron chi connectivity index (χ2n) is 26.3. The quantitative estimate of drug-likeness (QED) is 0.0131. The number of carbonyl (C=O) groups excluding carboxylic acids is 3. The second kappa shape index (κ2) is 65.5. The summed E-state index contributed by atoms with van der Waals surface area (Å²) in [5.74, 6) is 7.22. The normalized spacial score (nSPS) is 12.6. The first-order valence-electron chi connectivity index (χ1n) is 36.4. The number of thiol groups is 9. The van der Waals surface area contributed by atoms with E-state index in [0.717, 1.165) is 167 Å². The van der Waals surface area contributed by atoms with Crippen molar-refractivity contribution in [3.05, 3.63) is 36.5 Å². The molecule has 0 aromatic carbocycles. The van der Waals surface area contributed by atoms with Crippen LogP contribution in [0.3, 0.4) is 0 Å². The van der Waals surface area contributed by atoms with Gasteiger partial charge in [-0.25, -0.2) is 0 Å². The first kappa shape index (κ1) is 90.6. The molecule has 0 saturated heterocycles. The molecule has 0 spiro atoms. The molecule has 0 saturated carbocycles. The SMILES string of the molecule is [CH3][Sn]([O]C(=O)CCCCCCC/C=C\CCCCCCCC(CCS)(CCS)CCS)([O]C(=O)CCCCCCC/C=C\CCCCCCCC(CCS)(CCS)CCS)[O]C(=O)CCCCCCC/C=C\CCCCCCCC(CCS)(CCS)CCS. The van der Waals surface area contributed by atoms with Crippen LogP contribution < -0.4 is 0 Å². The van der Waals surface area contributed by atoms with E-state index >= 15 is 0 Å². The molecule has 16 heteroatoms. The fourth-order valence-corrected chi connectivity index (χ4v) is 22.0. The molecule has 0 N–H and O–H groups in total. The first-order chi connectivity index (χ1) is 43.3. The molecular formula is C73H138O6S9Sn. The van der Waals surface area contributed by atoms with E-state index in [0.29, 0.717) is 35.5 Å². The van der Waals surface area contributed by atoms with E-state index in [1.807, 2.05) is 0 Å². The van der Waals surface area contributed by atoms with Crippen molar-refractivity contribution >= 4 is 151 Å². The number of allylic oxidation sites excluding steroid dienone is 6. The fourth-order valence-electron chi connectivity index (χ4n) is 13.0. The minimum atomic E-state index is -4.84. The number of hydrogen-bond acceptors (Lipinski definition) is 15. The van der Waals surface area contributed by atoms with Gasteiger partial charge in [0.2, 0.25) is 0 Å². The third-order valence-corrected chi connectivity index (χ3v) is 25.8. The van der Waals surface area contributed by atoms with Crippen LogP contribution in [0.5, 0.6) is 0 Å². The van der Waals surface area contributed by atoms with Gasteiger partial charge >= 0.3 is 257 Å². The van der Waals surface area contributed by atoms with Crippen LogP contribution in [0, 0.1) is 16.2 Å². The predicted octanol–water partition coefficient (Wildman–Crippen LogP) is 24.1. The molecule has 524 valence electrons. The van der Waals surface area contributed by atoms with E-state index in [-0.39, 0.29) is 19.3 Å². The molecule has 0 unspecified atom stereocenters. The topological polar surface area (TPSA) is 78.9 Å². The van der Waals surface area contributed by atoms with Crippen molar-refractivity contribution in [1.29, 1.82) is 0 Å². The van der Waals surface area contributed by atoms with Gasteiger partial charge in [0, 0.05) is 0 Å². The Balaban J connectivity index is 4.77. The first-order valence-corrected chi connectivity index (χ1v) is 48.5. The number of hydrogen-bond donors (Lipinski definition) is 9. The minimum absolute atomic E-state index is 0.229. The summed E-state index contributed by atoms with van der Waals surface area (Å²) in [7, 11) is 0. The standard InChI is InChI=1S/3C24H46O2S3.CH3.Sn/c3*25-23(26)15-13-11-9-7-5-3-1-2-4-6-8-10-12-14-16-24(17-20-27,18-21-28)19-22-29;;/h3*1-2,27-29H,3-22H2,(H,25,26);1H3;/q;;;;+3/p-3/b3*2-1-;;. The second-order valence-corrected chi connectivity index (χ2v) is 37.0. The van der Waals surface area contributed by atoms with Gasteiger partial charge in [0.1, 0.15) is 0 Å². The summed E-state index contributed by atoms with van der Waals surface area (Å²) in [5, 5.41) is 0. The van der Waals surface area contributed by atoms with E-state index < -0.39 is 37.5 Å². The molecule has 0 rings (SSSR count). The smallest absolute Gasteiger partial charge is 0.179 e. The van der Waals surface area contributed by atoms with Gasteiger partial charge in [0.15, 0.2) is 0 Å². The van der Waals surface area contributed by atoms with Gasteiger partial charge in [-0.2, -0.15) is 114 Å². The Morgan fingerprint density at radius 2 is 0.404 bits per heavy atom. The zero-order valence-electron chi connectivity index (χ0n) is 56.9.